The number of aromatic amines is 1. The maximum absolute atomic E-state index is 14.2. The quantitative estimate of drug-likeness (QED) is 0.104. The molecule has 4 rings (SSSR count). The van der Waals surface area contributed by atoms with Gasteiger partial charge in [-0.15, -0.1) is 0 Å². The Kier molecular flexibility index (Phi) is 11.3. The van der Waals surface area contributed by atoms with Crippen molar-refractivity contribution >= 4 is 41.4 Å². The number of nitrogens with zero attached hydrogens (tertiary/aromatic N) is 2. The lowest BCUT2D eigenvalue weighted by Gasteiger charge is -2.30. The third kappa shape index (κ3) is 9.47. The summed E-state index contributed by atoms with van der Waals surface area (Å²) in [5.74, 6) is -0.619. The van der Waals surface area contributed by atoms with Gasteiger partial charge in [-0.3, -0.25) is 0 Å². The molecule has 47 heavy (non-hydrogen) atoms. The van der Waals surface area contributed by atoms with E-state index in [1.807, 2.05) is 20.8 Å². The van der Waals surface area contributed by atoms with Gasteiger partial charge in [-0.05, 0) is 85.2 Å². The Labute approximate surface area is 272 Å². The second-order valence-electron chi connectivity index (χ2n) is 13.2. The van der Waals surface area contributed by atoms with Crippen LogP contribution in [-0.4, -0.2) is 78.2 Å². The standard InChI is InChI=1S/C32H44F3N6O5P/c1-31(2,3)46-30(43)37-15-8-7-14-36-19-10-9-11-20(16-19)40-29-39-18-24(32(33,34)35)25(41-29)23-17-38-26-21(23)12-13-22(28(42)45-4)27(26)47(5,6)44/h12-13,17-20,36,38H,7-11,14-16H2,1-6H3,(H,37,43)(H,39,40,41)/t19-,20-/m0/s1. The van der Waals surface area contributed by atoms with Crippen LogP contribution in [0.25, 0.3) is 22.2 Å². The van der Waals surface area contributed by atoms with Gasteiger partial charge in [0.1, 0.15) is 18.3 Å². The van der Waals surface area contributed by atoms with Crippen LogP contribution in [-0.2, 0) is 20.2 Å². The SMILES string of the molecule is COC(=O)c1ccc2c(-c3nc(N[C@H]4CCC[C@H](NCCCCNC(=O)OC(C)(C)C)C4)ncc3C(F)(F)F)c[nH]c2c1P(C)(C)=O. The number of esters is 1. The summed E-state index contributed by atoms with van der Waals surface area (Å²) >= 11 is 0. The molecule has 0 saturated heterocycles. The van der Waals surface area contributed by atoms with E-state index >= 15 is 0 Å². The summed E-state index contributed by atoms with van der Waals surface area (Å²) in [5, 5.41) is 10.1. The molecule has 11 nitrogen and oxygen atoms in total. The number of aromatic nitrogens is 3. The van der Waals surface area contributed by atoms with Crippen LogP contribution in [0.1, 0.15) is 75.2 Å². The third-order valence-electron chi connectivity index (χ3n) is 7.83. The molecule has 15 heteroatoms. The van der Waals surface area contributed by atoms with E-state index in [2.05, 4.69) is 30.9 Å². The Hall–Kier alpha value is -3.64. The van der Waals surface area contributed by atoms with E-state index in [1.165, 1.54) is 38.8 Å². The molecule has 4 N–H and O–H groups in total. The molecule has 3 aromatic rings. The van der Waals surface area contributed by atoms with Crippen molar-refractivity contribution in [3.63, 3.8) is 0 Å². The second kappa shape index (κ2) is 14.6. The lowest BCUT2D eigenvalue weighted by atomic mass is 9.91. The number of alkyl carbamates (subject to hydrolysis) is 1. The van der Waals surface area contributed by atoms with Gasteiger partial charge in [-0.25, -0.2) is 19.6 Å². The molecule has 0 radical (unpaired) electrons. The van der Waals surface area contributed by atoms with E-state index in [9.17, 15) is 27.3 Å². The van der Waals surface area contributed by atoms with Crippen LogP contribution in [0.2, 0.25) is 0 Å². The molecular weight excluding hydrogens is 636 g/mol. The highest BCUT2D eigenvalue weighted by molar-refractivity contribution is 7.70. The number of H-pyrrole nitrogens is 1. The molecule has 0 unspecified atom stereocenters. The third-order valence-corrected chi connectivity index (χ3v) is 9.38. The largest absolute Gasteiger partial charge is 0.465 e. The number of fused-ring (bicyclic) bond motifs is 1. The van der Waals surface area contributed by atoms with Crippen molar-refractivity contribution in [3.05, 3.63) is 35.7 Å². The smallest absolute Gasteiger partial charge is 0.419 e. The first-order valence-electron chi connectivity index (χ1n) is 15.7. The maximum Gasteiger partial charge on any atom is 0.419 e. The lowest BCUT2D eigenvalue weighted by Crippen LogP contribution is -2.39. The number of methoxy groups -OCH3 is 1. The van der Waals surface area contributed by atoms with Crippen LogP contribution >= 0.6 is 7.14 Å². The zero-order valence-electron chi connectivity index (χ0n) is 27.6. The summed E-state index contributed by atoms with van der Waals surface area (Å²) in [5.41, 5.74) is -1.36. The number of nitrogens with one attached hydrogen (secondary N) is 4. The number of ether oxygens (including phenoxy) is 2. The summed E-state index contributed by atoms with van der Waals surface area (Å²) < 4.78 is 66.0. The molecule has 1 aromatic carbocycles. The summed E-state index contributed by atoms with van der Waals surface area (Å²) in [4.78, 5) is 35.6. The highest BCUT2D eigenvalue weighted by atomic mass is 31.2. The maximum atomic E-state index is 14.2. The molecule has 0 spiro atoms. The number of carbonyl (C=O) groups excluding carboxylic acids is 2. The van der Waals surface area contributed by atoms with E-state index in [4.69, 9.17) is 9.47 Å². The predicted octanol–water partition coefficient (Wildman–Crippen LogP) is 6.30. The minimum atomic E-state index is -4.74. The lowest BCUT2D eigenvalue weighted by molar-refractivity contribution is -0.137. The van der Waals surface area contributed by atoms with Crippen LogP contribution in [0.5, 0.6) is 0 Å². The molecule has 0 bridgehead atoms. The first-order chi connectivity index (χ1) is 22.0. The summed E-state index contributed by atoms with van der Waals surface area (Å²) in [6.07, 6.45) is 2.08. The highest BCUT2D eigenvalue weighted by Crippen LogP contribution is 2.43. The molecular formula is C32H44F3N6O5P. The number of alkyl halides is 3. The van der Waals surface area contributed by atoms with Crippen LogP contribution in [0, 0.1) is 0 Å². The van der Waals surface area contributed by atoms with Crippen molar-refractivity contribution in [3.8, 4) is 11.3 Å². The number of halogens is 3. The topological polar surface area (TPSA) is 147 Å². The van der Waals surface area contributed by atoms with E-state index in [0.29, 0.717) is 17.4 Å². The van der Waals surface area contributed by atoms with Gasteiger partial charge < -0.3 is 35.0 Å². The Morgan fingerprint density at radius 1 is 1.09 bits per heavy atom. The first kappa shape index (κ1) is 36.2. The Morgan fingerprint density at radius 3 is 2.45 bits per heavy atom. The van der Waals surface area contributed by atoms with Crippen LogP contribution in [0.15, 0.2) is 24.5 Å². The minimum absolute atomic E-state index is 0.0529. The van der Waals surface area contributed by atoms with Gasteiger partial charge in [0.15, 0.2) is 0 Å². The molecule has 258 valence electrons. The number of anilines is 1. The van der Waals surface area contributed by atoms with E-state index in [0.717, 1.165) is 51.3 Å². The van der Waals surface area contributed by atoms with Crippen molar-refractivity contribution in [2.75, 3.05) is 38.8 Å². The first-order valence-corrected chi connectivity index (χ1v) is 18.3. The minimum Gasteiger partial charge on any atom is -0.465 e. The summed E-state index contributed by atoms with van der Waals surface area (Å²) in [7, 11) is -1.88. The van der Waals surface area contributed by atoms with E-state index in [-0.39, 0.29) is 40.2 Å². The molecule has 1 saturated carbocycles. The number of rotatable bonds is 11. The summed E-state index contributed by atoms with van der Waals surface area (Å²) in [6, 6.07) is 3.08. The predicted molar refractivity (Wildman–Crippen MR) is 176 cm³/mol. The molecule has 0 aliphatic heterocycles. The van der Waals surface area contributed by atoms with Crippen molar-refractivity contribution in [2.45, 2.75) is 83.2 Å². The summed E-state index contributed by atoms with van der Waals surface area (Å²) in [6.45, 7) is 9.68. The van der Waals surface area contributed by atoms with Gasteiger partial charge in [0.25, 0.3) is 0 Å². The average molecular weight is 681 g/mol. The normalized spacial score (nSPS) is 17.4. The monoisotopic (exact) mass is 680 g/mol. The van der Waals surface area contributed by atoms with Crippen molar-refractivity contribution < 1.29 is 36.8 Å². The Bertz CT molecular complexity index is 1630. The number of carbonyl (C=O) groups is 2. The van der Waals surface area contributed by atoms with E-state index in [1.54, 1.807) is 0 Å². The number of hydrogen-bond donors (Lipinski definition) is 4. The Balaban J connectivity index is 1.48. The van der Waals surface area contributed by atoms with Crippen LogP contribution < -0.4 is 21.3 Å². The van der Waals surface area contributed by atoms with Gasteiger partial charge in [0.05, 0.1) is 23.9 Å². The second-order valence-corrected chi connectivity index (χ2v) is 16.3. The highest BCUT2D eigenvalue weighted by Gasteiger charge is 2.37. The van der Waals surface area contributed by atoms with Crippen molar-refractivity contribution in [2.24, 2.45) is 0 Å². The Morgan fingerprint density at radius 2 is 1.79 bits per heavy atom. The van der Waals surface area contributed by atoms with Crippen molar-refractivity contribution in [1.29, 1.82) is 0 Å². The zero-order chi connectivity index (χ0) is 34.6. The van der Waals surface area contributed by atoms with Crippen LogP contribution in [0.4, 0.5) is 23.9 Å². The number of unbranched alkanes of at least 4 members (excludes halogenated alkanes) is 1. The molecule has 2 heterocycles. The van der Waals surface area contributed by atoms with Gasteiger partial charge in [0, 0.05) is 47.3 Å². The van der Waals surface area contributed by atoms with Gasteiger partial charge in [-0.1, -0.05) is 6.07 Å². The van der Waals surface area contributed by atoms with Crippen LogP contribution in [0.3, 0.4) is 0 Å². The van der Waals surface area contributed by atoms with E-state index < -0.39 is 36.5 Å². The van der Waals surface area contributed by atoms with Gasteiger partial charge in [0.2, 0.25) is 5.95 Å². The number of benzene rings is 1. The zero-order valence-corrected chi connectivity index (χ0v) is 28.5. The molecule has 2 aromatic heterocycles. The molecule has 1 amide bonds. The molecule has 1 aliphatic rings. The fourth-order valence-corrected chi connectivity index (χ4v) is 7.30. The van der Waals surface area contributed by atoms with Gasteiger partial charge >= 0.3 is 18.2 Å². The fourth-order valence-electron chi connectivity index (χ4n) is 5.83. The van der Waals surface area contributed by atoms with Gasteiger partial charge in [-0.2, -0.15) is 13.2 Å². The number of amides is 1. The molecule has 1 aliphatic carbocycles. The average Bonchev–Trinajstić information content (AvgIpc) is 3.40. The van der Waals surface area contributed by atoms with Crippen molar-refractivity contribution in [1.82, 2.24) is 25.6 Å². The molecule has 2 atom stereocenters. The number of hydrogen-bond acceptors (Lipinski definition) is 9. The fraction of sp³-hybridized carbons (Fsp3) is 0.562. The molecule has 1 fully saturated rings.